The molecule has 17 heavy (non-hydrogen) atoms. The zero-order valence-electron chi connectivity index (χ0n) is 9.85. The van der Waals surface area contributed by atoms with Crippen LogP contribution >= 0.6 is 24.0 Å². The maximum absolute atomic E-state index is 11.2. The number of piperazine rings is 1. The van der Waals surface area contributed by atoms with Crippen LogP contribution < -0.4 is 0 Å². The van der Waals surface area contributed by atoms with Crippen molar-refractivity contribution in [1.82, 2.24) is 9.80 Å². The summed E-state index contributed by atoms with van der Waals surface area (Å²) in [5, 5.41) is 0. The normalized spacial score (nSPS) is 21.4. The van der Waals surface area contributed by atoms with Gasteiger partial charge in [-0.2, -0.15) is 0 Å². The van der Waals surface area contributed by atoms with E-state index in [0.29, 0.717) is 12.4 Å². The van der Waals surface area contributed by atoms with E-state index in [1.54, 1.807) is 11.8 Å². The van der Waals surface area contributed by atoms with Gasteiger partial charge in [0.1, 0.15) is 10.9 Å². The monoisotopic (exact) mass is 272 g/mol. The molecule has 0 aliphatic carbocycles. The number of nitrogens with zero attached hydrogens (tertiary/aromatic N) is 2. The molecule has 2 rings (SSSR count). The van der Waals surface area contributed by atoms with E-state index in [1.165, 1.54) is 0 Å². The number of thiocarbonyl (C=S) groups is 1. The van der Waals surface area contributed by atoms with Crippen LogP contribution in [0.5, 0.6) is 0 Å². The van der Waals surface area contributed by atoms with E-state index in [4.69, 9.17) is 17.0 Å². The van der Waals surface area contributed by atoms with Gasteiger partial charge in [-0.25, -0.2) is 4.79 Å². The number of ether oxygens (including phenoxy) is 1. The average molecular weight is 272 g/mol. The number of thioether (sulfide) groups is 1. The predicted molar refractivity (Wildman–Crippen MR) is 73.2 cm³/mol. The number of hydrogen-bond acceptors (Lipinski definition) is 5. The molecule has 0 aromatic rings. The Kier molecular flexibility index (Phi) is 4.42. The van der Waals surface area contributed by atoms with Gasteiger partial charge in [-0.15, -0.1) is 0 Å². The molecular weight excluding hydrogens is 256 g/mol. The SMILES string of the molecule is CN1CCN(C(=S)SCC2=CCOC2=O)CC1. The minimum atomic E-state index is -0.196. The first kappa shape index (κ1) is 12.9. The molecule has 0 spiro atoms. The zero-order valence-corrected chi connectivity index (χ0v) is 11.5. The molecule has 4 nitrogen and oxygen atoms in total. The Hall–Kier alpha value is -0.590. The molecule has 2 aliphatic heterocycles. The Morgan fingerprint density at radius 2 is 2.18 bits per heavy atom. The van der Waals surface area contributed by atoms with Crippen molar-refractivity contribution in [2.24, 2.45) is 0 Å². The number of hydrogen-bond donors (Lipinski definition) is 0. The topological polar surface area (TPSA) is 32.8 Å². The summed E-state index contributed by atoms with van der Waals surface area (Å²) in [7, 11) is 2.12. The Bertz CT molecular complexity index is 349. The van der Waals surface area contributed by atoms with Crippen LogP contribution in [-0.2, 0) is 9.53 Å². The highest BCUT2D eigenvalue weighted by Crippen LogP contribution is 2.18. The lowest BCUT2D eigenvalue weighted by atomic mass is 10.3. The summed E-state index contributed by atoms with van der Waals surface area (Å²) in [6.45, 7) is 4.46. The second-order valence-electron chi connectivity index (χ2n) is 4.17. The van der Waals surface area contributed by atoms with Crippen LogP contribution in [0, 0.1) is 0 Å². The van der Waals surface area contributed by atoms with Crippen LogP contribution in [0.1, 0.15) is 0 Å². The fourth-order valence-corrected chi connectivity index (χ4v) is 2.97. The summed E-state index contributed by atoms with van der Waals surface area (Å²) in [6.07, 6.45) is 1.84. The van der Waals surface area contributed by atoms with Crippen molar-refractivity contribution in [3.63, 3.8) is 0 Å². The van der Waals surface area contributed by atoms with Crippen LogP contribution in [0.2, 0.25) is 0 Å². The molecule has 0 bridgehead atoms. The molecule has 0 aromatic carbocycles. The van der Waals surface area contributed by atoms with Gasteiger partial charge in [0.2, 0.25) is 0 Å². The highest BCUT2D eigenvalue weighted by molar-refractivity contribution is 8.23. The predicted octanol–water partition coefficient (Wildman–Crippen LogP) is 0.735. The van der Waals surface area contributed by atoms with Gasteiger partial charge in [-0.1, -0.05) is 24.0 Å². The largest absolute Gasteiger partial charge is 0.458 e. The van der Waals surface area contributed by atoms with E-state index < -0.39 is 0 Å². The fraction of sp³-hybridized carbons (Fsp3) is 0.636. The summed E-state index contributed by atoms with van der Waals surface area (Å²) >= 11 is 6.93. The summed E-state index contributed by atoms with van der Waals surface area (Å²) in [5.74, 6) is 0.433. The second-order valence-corrected chi connectivity index (χ2v) is 5.78. The molecule has 2 heterocycles. The third kappa shape index (κ3) is 3.43. The maximum Gasteiger partial charge on any atom is 0.334 e. The van der Waals surface area contributed by atoms with Gasteiger partial charge in [-0.3, -0.25) is 0 Å². The summed E-state index contributed by atoms with van der Waals surface area (Å²) in [4.78, 5) is 15.7. The van der Waals surface area contributed by atoms with E-state index in [2.05, 4.69) is 16.8 Å². The highest BCUT2D eigenvalue weighted by Gasteiger charge is 2.20. The van der Waals surface area contributed by atoms with Crippen molar-refractivity contribution >= 4 is 34.3 Å². The number of likely N-dealkylation sites (N-methyl/N-ethyl adjacent to an activating group) is 1. The molecule has 2 aliphatic rings. The molecule has 0 saturated carbocycles. The molecule has 1 fully saturated rings. The Balaban J connectivity index is 1.76. The number of esters is 1. The Morgan fingerprint density at radius 3 is 2.76 bits per heavy atom. The van der Waals surface area contributed by atoms with Crippen LogP contribution in [0.25, 0.3) is 0 Å². The van der Waals surface area contributed by atoms with Gasteiger partial charge < -0.3 is 14.5 Å². The van der Waals surface area contributed by atoms with Gasteiger partial charge in [0.25, 0.3) is 0 Å². The molecule has 0 amide bonds. The minimum Gasteiger partial charge on any atom is -0.458 e. The molecule has 0 radical (unpaired) electrons. The lowest BCUT2D eigenvalue weighted by Gasteiger charge is -2.33. The van der Waals surface area contributed by atoms with Crippen molar-refractivity contribution in [1.29, 1.82) is 0 Å². The lowest BCUT2D eigenvalue weighted by Crippen LogP contribution is -2.45. The van der Waals surface area contributed by atoms with Crippen LogP contribution in [-0.4, -0.2) is 65.7 Å². The Morgan fingerprint density at radius 1 is 1.47 bits per heavy atom. The maximum atomic E-state index is 11.2. The third-order valence-corrected chi connectivity index (χ3v) is 4.49. The van der Waals surface area contributed by atoms with Crippen LogP contribution in [0.4, 0.5) is 0 Å². The minimum absolute atomic E-state index is 0.196. The van der Waals surface area contributed by atoms with Crippen molar-refractivity contribution in [2.45, 2.75) is 0 Å². The molecule has 6 heteroatoms. The smallest absolute Gasteiger partial charge is 0.334 e. The van der Waals surface area contributed by atoms with E-state index in [9.17, 15) is 4.79 Å². The fourth-order valence-electron chi connectivity index (χ4n) is 1.73. The first-order chi connectivity index (χ1) is 8.16. The van der Waals surface area contributed by atoms with Gasteiger partial charge in [0.05, 0.1) is 0 Å². The molecule has 94 valence electrons. The van der Waals surface area contributed by atoms with E-state index >= 15 is 0 Å². The third-order valence-electron chi connectivity index (χ3n) is 2.92. The van der Waals surface area contributed by atoms with Gasteiger partial charge in [0.15, 0.2) is 0 Å². The number of carbonyl (C=O) groups is 1. The molecule has 0 atom stereocenters. The molecule has 0 N–H and O–H groups in total. The Labute approximate surface area is 111 Å². The quantitative estimate of drug-likeness (QED) is 0.544. The summed E-state index contributed by atoms with van der Waals surface area (Å²) < 4.78 is 5.74. The van der Waals surface area contributed by atoms with Crippen molar-refractivity contribution in [3.05, 3.63) is 11.6 Å². The second kappa shape index (κ2) is 5.84. The average Bonchev–Trinajstić information content (AvgIpc) is 2.73. The van der Waals surface area contributed by atoms with Gasteiger partial charge in [0, 0.05) is 37.5 Å². The van der Waals surface area contributed by atoms with Crippen molar-refractivity contribution in [2.75, 3.05) is 45.6 Å². The number of rotatable bonds is 2. The van der Waals surface area contributed by atoms with E-state index in [-0.39, 0.29) is 5.97 Å². The molecular formula is C11H16N2O2S2. The lowest BCUT2D eigenvalue weighted by molar-refractivity contribution is -0.135. The number of carbonyl (C=O) groups excluding carboxylic acids is 1. The first-order valence-electron chi connectivity index (χ1n) is 5.63. The molecule has 0 unspecified atom stereocenters. The van der Waals surface area contributed by atoms with E-state index in [0.717, 1.165) is 36.1 Å². The van der Waals surface area contributed by atoms with Crippen molar-refractivity contribution < 1.29 is 9.53 Å². The summed E-state index contributed by atoms with van der Waals surface area (Å²) in [6, 6.07) is 0. The van der Waals surface area contributed by atoms with E-state index in [1.807, 2.05) is 6.08 Å². The number of cyclic esters (lactones) is 1. The zero-order chi connectivity index (χ0) is 12.3. The van der Waals surface area contributed by atoms with Gasteiger partial charge >= 0.3 is 5.97 Å². The first-order valence-corrected chi connectivity index (χ1v) is 7.02. The van der Waals surface area contributed by atoms with Crippen molar-refractivity contribution in [3.8, 4) is 0 Å². The summed E-state index contributed by atoms with van der Waals surface area (Å²) in [5.41, 5.74) is 0.742. The van der Waals surface area contributed by atoms with Crippen LogP contribution in [0.3, 0.4) is 0 Å². The molecule has 0 aromatic heterocycles. The van der Waals surface area contributed by atoms with Crippen LogP contribution in [0.15, 0.2) is 11.6 Å². The van der Waals surface area contributed by atoms with Gasteiger partial charge in [-0.05, 0) is 13.1 Å². The standard InChI is InChI=1S/C11H16N2O2S2/c1-12-3-5-13(6-4-12)11(16)17-8-9-2-7-15-10(9)14/h2H,3-8H2,1H3. The molecule has 1 saturated heterocycles. The highest BCUT2D eigenvalue weighted by atomic mass is 32.2.